The number of pyridine rings is 1. The van der Waals surface area contributed by atoms with Gasteiger partial charge in [-0.3, -0.25) is 0 Å². The van der Waals surface area contributed by atoms with Crippen molar-refractivity contribution in [2.75, 3.05) is 0 Å². The number of benzene rings is 1. The topological polar surface area (TPSA) is 59.4 Å². The third-order valence-electron chi connectivity index (χ3n) is 3.47. The molecule has 0 aliphatic carbocycles. The predicted octanol–water partition coefficient (Wildman–Crippen LogP) is 3.52. The molecule has 22 heavy (non-hydrogen) atoms. The number of aromatic amines is 1. The van der Waals surface area contributed by atoms with E-state index in [4.69, 9.17) is 11.6 Å². The Morgan fingerprint density at radius 2 is 2.05 bits per heavy atom. The highest BCUT2D eigenvalue weighted by molar-refractivity contribution is 6.31. The van der Waals surface area contributed by atoms with E-state index < -0.39 is 0 Å². The van der Waals surface area contributed by atoms with Gasteiger partial charge in [0.1, 0.15) is 11.5 Å². The largest absolute Gasteiger partial charge is 0.347 e. The second kappa shape index (κ2) is 5.27. The number of aromatic nitrogens is 5. The number of rotatable bonds is 3. The first-order valence-electron chi connectivity index (χ1n) is 6.86. The van der Waals surface area contributed by atoms with E-state index in [0.717, 1.165) is 28.2 Å². The highest BCUT2D eigenvalue weighted by Crippen LogP contribution is 2.22. The van der Waals surface area contributed by atoms with Crippen LogP contribution in [0.4, 0.5) is 0 Å². The first-order chi connectivity index (χ1) is 10.8. The van der Waals surface area contributed by atoms with Crippen LogP contribution in [-0.2, 0) is 6.54 Å². The lowest BCUT2D eigenvalue weighted by Gasteiger charge is -2.07. The van der Waals surface area contributed by atoms with Gasteiger partial charge in [0, 0.05) is 35.2 Å². The summed E-state index contributed by atoms with van der Waals surface area (Å²) in [6, 6.07) is 9.63. The summed E-state index contributed by atoms with van der Waals surface area (Å²) in [7, 11) is 0. The van der Waals surface area contributed by atoms with Gasteiger partial charge >= 0.3 is 0 Å². The van der Waals surface area contributed by atoms with Crippen LogP contribution in [0.1, 0.15) is 5.82 Å². The molecule has 0 saturated heterocycles. The molecule has 0 radical (unpaired) electrons. The van der Waals surface area contributed by atoms with Crippen molar-refractivity contribution in [3.05, 3.63) is 66.0 Å². The maximum Gasteiger partial charge on any atom is 0.159 e. The van der Waals surface area contributed by atoms with Crippen molar-refractivity contribution in [3.63, 3.8) is 0 Å². The molecule has 1 N–H and O–H groups in total. The third kappa shape index (κ3) is 2.35. The highest BCUT2D eigenvalue weighted by Gasteiger charge is 2.09. The Hall–Kier alpha value is -2.66. The molecule has 0 saturated carbocycles. The molecule has 5 nitrogen and oxygen atoms in total. The van der Waals surface area contributed by atoms with Crippen molar-refractivity contribution < 1.29 is 0 Å². The first-order valence-corrected chi connectivity index (χ1v) is 7.23. The summed E-state index contributed by atoms with van der Waals surface area (Å²) in [5.41, 5.74) is 1.72. The molecule has 1 aromatic carbocycles. The molecule has 0 aliphatic heterocycles. The number of hydrogen-bond donors (Lipinski definition) is 1. The summed E-state index contributed by atoms with van der Waals surface area (Å²) >= 11 is 6.01. The van der Waals surface area contributed by atoms with Gasteiger partial charge in [-0.25, -0.2) is 15.0 Å². The van der Waals surface area contributed by atoms with Crippen LogP contribution in [0, 0.1) is 0 Å². The lowest BCUT2D eigenvalue weighted by Crippen LogP contribution is -2.03. The number of fused-ring (bicyclic) bond motifs is 1. The van der Waals surface area contributed by atoms with Crippen LogP contribution in [-0.4, -0.2) is 24.5 Å². The minimum atomic E-state index is 0.628. The van der Waals surface area contributed by atoms with E-state index in [9.17, 15) is 0 Å². The second-order valence-electron chi connectivity index (χ2n) is 4.95. The van der Waals surface area contributed by atoms with Gasteiger partial charge in [-0.1, -0.05) is 17.7 Å². The van der Waals surface area contributed by atoms with Crippen molar-refractivity contribution in [3.8, 4) is 11.5 Å². The van der Waals surface area contributed by atoms with E-state index in [0.29, 0.717) is 11.6 Å². The van der Waals surface area contributed by atoms with E-state index >= 15 is 0 Å². The maximum absolute atomic E-state index is 6.01. The summed E-state index contributed by atoms with van der Waals surface area (Å²) in [5.74, 6) is 1.69. The van der Waals surface area contributed by atoms with Crippen LogP contribution >= 0.6 is 11.6 Å². The SMILES string of the molecule is Clc1ccc2nc(-c3nccn3Cc3ncc[nH]3)ccc2c1. The fourth-order valence-corrected chi connectivity index (χ4v) is 2.62. The van der Waals surface area contributed by atoms with Crippen LogP contribution < -0.4 is 0 Å². The molecule has 4 rings (SSSR count). The van der Waals surface area contributed by atoms with Crippen molar-refractivity contribution in [2.45, 2.75) is 6.54 Å². The average Bonchev–Trinajstić information content (AvgIpc) is 3.19. The van der Waals surface area contributed by atoms with Gasteiger partial charge in [-0.2, -0.15) is 0 Å². The van der Waals surface area contributed by atoms with Gasteiger partial charge in [0.25, 0.3) is 0 Å². The Labute approximate surface area is 131 Å². The molecule has 0 amide bonds. The molecular weight excluding hydrogens is 298 g/mol. The molecule has 0 aliphatic rings. The Bertz CT molecular complexity index is 927. The highest BCUT2D eigenvalue weighted by atomic mass is 35.5. The molecule has 0 unspecified atom stereocenters. The third-order valence-corrected chi connectivity index (χ3v) is 3.71. The summed E-state index contributed by atoms with van der Waals surface area (Å²) in [6.07, 6.45) is 7.24. The van der Waals surface area contributed by atoms with E-state index in [1.54, 1.807) is 12.4 Å². The van der Waals surface area contributed by atoms with Crippen molar-refractivity contribution in [2.24, 2.45) is 0 Å². The normalized spacial score (nSPS) is 11.1. The first kappa shape index (κ1) is 13.0. The number of imidazole rings is 2. The van der Waals surface area contributed by atoms with Crippen molar-refractivity contribution in [1.82, 2.24) is 24.5 Å². The number of nitrogens with one attached hydrogen (secondary N) is 1. The van der Waals surface area contributed by atoms with Gasteiger partial charge in [0.05, 0.1) is 12.1 Å². The van der Waals surface area contributed by atoms with E-state index in [1.165, 1.54) is 0 Å². The quantitative estimate of drug-likeness (QED) is 0.630. The zero-order valence-electron chi connectivity index (χ0n) is 11.6. The molecule has 4 aromatic rings. The van der Waals surface area contributed by atoms with Crippen molar-refractivity contribution in [1.29, 1.82) is 0 Å². The Balaban J connectivity index is 1.76. The lowest BCUT2D eigenvalue weighted by molar-refractivity contribution is 0.761. The molecule has 6 heteroatoms. The molecule has 108 valence electrons. The minimum Gasteiger partial charge on any atom is -0.347 e. The number of H-pyrrole nitrogens is 1. The van der Waals surface area contributed by atoms with E-state index in [2.05, 4.69) is 19.9 Å². The zero-order chi connectivity index (χ0) is 14.9. The molecule has 0 fully saturated rings. The van der Waals surface area contributed by atoms with Gasteiger partial charge < -0.3 is 9.55 Å². The van der Waals surface area contributed by atoms with Crippen LogP contribution in [0.25, 0.3) is 22.4 Å². The second-order valence-corrected chi connectivity index (χ2v) is 5.38. The molecular formula is C16H12ClN5. The molecule has 0 atom stereocenters. The van der Waals surface area contributed by atoms with Crippen LogP contribution in [0.3, 0.4) is 0 Å². The fourth-order valence-electron chi connectivity index (χ4n) is 2.44. The Morgan fingerprint density at radius 1 is 1.09 bits per heavy atom. The van der Waals surface area contributed by atoms with Crippen LogP contribution in [0.5, 0.6) is 0 Å². The number of halogens is 1. The van der Waals surface area contributed by atoms with Gasteiger partial charge in [0.2, 0.25) is 0 Å². The van der Waals surface area contributed by atoms with E-state index in [-0.39, 0.29) is 0 Å². The summed E-state index contributed by atoms with van der Waals surface area (Å²) in [4.78, 5) is 16.4. The molecule has 0 bridgehead atoms. The van der Waals surface area contributed by atoms with E-state index in [1.807, 2.05) is 47.3 Å². The fraction of sp³-hybridized carbons (Fsp3) is 0.0625. The van der Waals surface area contributed by atoms with Crippen LogP contribution in [0.15, 0.2) is 55.1 Å². The van der Waals surface area contributed by atoms with Crippen molar-refractivity contribution >= 4 is 22.5 Å². The summed E-state index contributed by atoms with van der Waals surface area (Å²) in [5, 5.41) is 1.72. The average molecular weight is 310 g/mol. The van der Waals surface area contributed by atoms with Gasteiger partial charge in [-0.15, -0.1) is 0 Å². The summed E-state index contributed by atoms with van der Waals surface area (Å²) in [6.45, 7) is 0.628. The van der Waals surface area contributed by atoms with Crippen LogP contribution in [0.2, 0.25) is 5.02 Å². The molecule has 3 aromatic heterocycles. The zero-order valence-corrected chi connectivity index (χ0v) is 12.3. The smallest absolute Gasteiger partial charge is 0.159 e. The maximum atomic E-state index is 6.01. The Morgan fingerprint density at radius 3 is 2.91 bits per heavy atom. The number of nitrogens with zero attached hydrogens (tertiary/aromatic N) is 4. The molecule has 0 spiro atoms. The summed E-state index contributed by atoms with van der Waals surface area (Å²) < 4.78 is 2.02. The Kier molecular flexibility index (Phi) is 3.12. The lowest BCUT2D eigenvalue weighted by atomic mass is 10.2. The van der Waals surface area contributed by atoms with Gasteiger partial charge in [0.15, 0.2) is 5.82 Å². The monoisotopic (exact) mass is 309 g/mol. The number of hydrogen-bond acceptors (Lipinski definition) is 3. The minimum absolute atomic E-state index is 0.628. The van der Waals surface area contributed by atoms with Gasteiger partial charge in [-0.05, 0) is 24.3 Å². The molecule has 3 heterocycles. The standard InChI is InChI=1S/C16H12ClN5/c17-12-2-4-13-11(9-12)1-3-14(21-13)16-20-7-8-22(16)10-15-18-5-6-19-15/h1-9H,10H2,(H,18,19). The predicted molar refractivity (Wildman–Crippen MR) is 85.7 cm³/mol.